The highest BCUT2D eigenvalue weighted by Gasteiger charge is 2.34. The first-order valence-corrected chi connectivity index (χ1v) is 7.68. The first kappa shape index (κ1) is 14.0. The van der Waals surface area contributed by atoms with E-state index >= 15 is 0 Å². The smallest absolute Gasteiger partial charge is 0.303 e. The third-order valence-electron chi connectivity index (χ3n) is 3.32. The van der Waals surface area contributed by atoms with Crippen LogP contribution < -0.4 is 0 Å². The van der Waals surface area contributed by atoms with Crippen molar-refractivity contribution in [1.82, 2.24) is 14.3 Å². The molecule has 0 radical (unpaired) electrons. The van der Waals surface area contributed by atoms with Crippen molar-refractivity contribution >= 4 is 16.0 Å². The Bertz CT molecular complexity index is 526. The van der Waals surface area contributed by atoms with Gasteiger partial charge in [0.15, 0.2) is 5.03 Å². The van der Waals surface area contributed by atoms with Gasteiger partial charge in [-0.1, -0.05) is 6.42 Å². The van der Waals surface area contributed by atoms with E-state index in [1.165, 1.54) is 16.8 Å². The summed E-state index contributed by atoms with van der Waals surface area (Å²) >= 11 is 0. The fourth-order valence-electron chi connectivity index (χ4n) is 2.38. The number of carboxylic acid groups (broad SMARTS) is 1. The number of imidazole rings is 1. The monoisotopic (exact) mass is 287 g/mol. The number of nitrogens with one attached hydrogen (secondary N) is 1. The number of H-pyrrole nitrogens is 1. The van der Waals surface area contributed by atoms with Crippen molar-refractivity contribution in [2.75, 3.05) is 6.54 Å². The van der Waals surface area contributed by atoms with E-state index in [0.29, 0.717) is 19.4 Å². The highest BCUT2D eigenvalue weighted by atomic mass is 32.2. The molecule has 0 saturated carbocycles. The topological polar surface area (TPSA) is 103 Å². The summed E-state index contributed by atoms with van der Waals surface area (Å²) in [5.74, 6) is -0.899. The van der Waals surface area contributed by atoms with Crippen LogP contribution in [0.3, 0.4) is 0 Å². The van der Waals surface area contributed by atoms with Crippen LogP contribution in [0, 0.1) is 0 Å². The predicted octanol–water partition coefficient (Wildman–Crippen LogP) is 0.818. The summed E-state index contributed by atoms with van der Waals surface area (Å²) in [5, 5.41) is 8.80. The number of nitrogens with zero attached hydrogens (tertiary/aromatic N) is 2. The van der Waals surface area contributed by atoms with Crippen LogP contribution in [0.1, 0.15) is 32.1 Å². The first-order chi connectivity index (χ1) is 9.01. The predicted molar refractivity (Wildman–Crippen MR) is 67.0 cm³/mol. The maximum Gasteiger partial charge on any atom is 0.303 e. The minimum atomic E-state index is -3.59. The zero-order valence-corrected chi connectivity index (χ0v) is 11.3. The Kier molecular flexibility index (Phi) is 4.20. The zero-order valence-electron chi connectivity index (χ0n) is 10.4. The zero-order chi connectivity index (χ0) is 13.9. The molecule has 106 valence electrons. The molecule has 0 spiro atoms. The number of carboxylic acids is 1. The number of aromatic amines is 1. The molecule has 19 heavy (non-hydrogen) atoms. The van der Waals surface area contributed by atoms with Gasteiger partial charge < -0.3 is 10.1 Å². The number of hydrogen-bond acceptors (Lipinski definition) is 4. The molecule has 0 amide bonds. The van der Waals surface area contributed by atoms with Crippen molar-refractivity contribution in [3.05, 3.63) is 12.5 Å². The number of piperidine rings is 1. The fourth-order valence-corrected chi connectivity index (χ4v) is 4.00. The second kappa shape index (κ2) is 5.70. The third kappa shape index (κ3) is 3.13. The summed E-state index contributed by atoms with van der Waals surface area (Å²) in [7, 11) is -3.59. The van der Waals surface area contributed by atoms with Crippen LogP contribution in [-0.4, -0.2) is 46.4 Å². The van der Waals surface area contributed by atoms with Gasteiger partial charge in [0.2, 0.25) is 0 Å². The van der Waals surface area contributed by atoms with Crippen LogP contribution in [0.4, 0.5) is 0 Å². The van der Waals surface area contributed by atoms with Crippen LogP contribution >= 0.6 is 0 Å². The highest BCUT2D eigenvalue weighted by Crippen LogP contribution is 2.26. The van der Waals surface area contributed by atoms with Crippen molar-refractivity contribution in [3.63, 3.8) is 0 Å². The number of carbonyl (C=O) groups is 1. The molecule has 1 unspecified atom stereocenters. The van der Waals surface area contributed by atoms with Gasteiger partial charge in [-0.3, -0.25) is 4.79 Å². The van der Waals surface area contributed by atoms with Crippen LogP contribution in [0.25, 0.3) is 0 Å². The molecular formula is C11H17N3O4S. The number of aliphatic carboxylic acids is 1. The van der Waals surface area contributed by atoms with Crippen molar-refractivity contribution < 1.29 is 18.3 Å². The average molecular weight is 287 g/mol. The summed E-state index contributed by atoms with van der Waals surface area (Å²) in [6.07, 6.45) is 5.38. The Morgan fingerprint density at radius 1 is 1.53 bits per heavy atom. The van der Waals surface area contributed by atoms with E-state index in [0.717, 1.165) is 12.8 Å². The minimum Gasteiger partial charge on any atom is -0.481 e. The van der Waals surface area contributed by atoms with Gasteiger partial charge in [0, 0.05) is 19.0 Å². The van der Waals surface area contributed by atoms with E-state index in [2.05, 4.69) is 9.97 Å². The molecular weight excluding hydrogens is 270 g/mol. The summed E-state index contributed by atoms with van der Waals surface area (Å²) in [6.45, 7) is 0.436. The highest BCUT2D eigenvalue weighted by molar-refractivity contribution is 7.89. The lowest BCUT2D eigenvalue weighted by molar-refractivity contribution is -0.137. The molecule has 7 nitrogen and oxygen atoms in total. The van der Waals surface area contributed by atoms with E-state index in [1.807, 2.05) is 0 Å². The van der Waals surface area contributed by atoms with Gasteiger partial charge in [-0.05, 0) is 19.3 Å². The molecule has 2 rings (SSSR count). The second-order valence-electron chi connectivity index (χ2n) is 4.61. The Morgan fingerprint density at radius 3 is 2.95 bits per heavy atom. The molecule has 1 aromatic rings. The normalized spacial score (nSPS) is 21.4. The van der Waals surface area contributed by atoms with Crippen molar-refractivity contribution in [3.8, 4) is 0 Å². The van der Waals surface area contributed by atoms with Crippen LogP contribution in [0.5, 0.6) is 0 Å². The molecule has 1 aliphatic rings. The largest absolute Gasteiger partial charge is 0.481 e. The molecule has 0 bridgehead atoms. The van der Waals surface area contributed by atoms with Crippen molar-refractivity contribution in [2.45, 2.75) is 43.2 Å². The molecule has 2 heterocycles. The molecule has 1 atom stereocenters. The molecule has 0 aliphatic carbocycles. The Hall–Kier alpha value is -1.41. The van der Waals surface area contributed by atoms with Crippen LogP contribution in [-0.2, 0) is 14.8 Å². The quantitative estimate of drug-likeness (QED) is 0.834. The van der Waals surface area contributed by atoms with Crippen molar-refractivity contribution in [2.24, 2.45) is 0 Å². The summed E-state index contributed by atoms with van der Waals surface area (Å²) in [6, 6.07) is -0.238. The Morgan fingerprint density at radius 2 is 2.32 bits per heavy atom. The number of rotatable bonds is 5. The van der Waals surface area contributed by atoms with Gasteiger partial charge in [0.1, 0.15) is 0 Å². The lowest BCUT2D eigenvalue weighted by Gasteiger charge is -2.34. The van der Waals surface area contributed by atoms with E-state index in [4.69, 9.17) is 5.11 Å². The lowest BCUT2D eigenvalue weighted by Crippen LogP contribution is -2.43. The van der Waals surface area contributed by atoms with E-state index in [-0.39, 0.29) is 17.5 Å². The standard InChI is InChI=1S/C11H17N3O4S/c15-11(16)5-4-9-3-1-2-6-14(9)19(17,18)10-7-12-8-13-10/h7-9H,1-6H2,(H,12,13)(H,15,16). The maximum absolute atomic E-state index is 12.4. The number of hydrogen-bond donors (Lipinski definition) is 2. The van der Waals surface area contributed by atoms with Gasteiger partial charge >= 0.3 is 5.97 Å². The minimum absolute atomic E-state index is 0.0142. The molecule has 1 saturated heterocycles. The van der Waals surface area contributed by atoms with Gasteiger partial charge in [-0.25, -0.2) is 13.4 Å². The Balaban J connectivity index is 2.17. The number of sulfonamides is 1. The maximum atomic E-state index is 12.4. The summed E-state index contributed by atoms with van der Waals surface area (Å²) in [5.41, 5.74) is 0. The summed E-state index contributed by atoms with van der Waals surface area (Å²) < 4.78 is 26.2. The van der Waals surface area contributed by atoms with Crippen LogP contribution in [0.15, 0.2) is 17.6 Å². The van der Waals surface area contributed by atoms with E-state index in [9.17, 15) is 13.2 Å². The third-order valence-corrected chi connectivity index (χ3v) is 5.20. The molecule has 8 heteroatoms. The van der Waals surface area contributed by atoms with E-state index < -0.39 is 16.0 Å². The Labute approximate surface area is 111 Å². The van der Waals surface area contributed by atoms with Crippen molar-refractivity contribution in [1.29, 1.82) is 0 Å². The molecule has 1 fully saturated rings. The molecule has 1 aliphatic heterocycles. The summed E-state index contributed by atoms with van der Waals surface area (Å²) in [4.78, 5) is 17.0. The molecule has 0 aromatic carbocycles. The van der Waals surface area contributed by atoms with Gasteiger partial charge in [0.25, 0.3) is 10.0 Å². The van der Waals surface area contributed by atoms with Gasteiger partial charge in [-0.15, -0.1) is 0 Å². The molecule has 1 aromatic heterocycles. The number of aromatic nitrogens is 2. The SMILES string of the molecule is O=C(O)CCC1CCCCN1S(=O)(=O)c1cnc[nH]1. The average Bonchev–Trinajstić information content (AvgIpc) is 2.91. The second-order valence-corrected chi connectivity index (χ2v) is 6.47. The van der Waals surface area contributed by atoms with E-state index in [1.54, 1.807) is 0 Å². The molecule has 2 N–H and O–H groups in total. The first-order valence-electron chi connectivity index (χ1n) is 6.24. The fraction of sp³-hybridized carbons (Fsp3) is 0.636. The van der Waals surface area contributed by atoms with Gasteiger partial charge in [0.05, 0.1) is 12.5 Å². The van der Waals surface area contributed by atoms with Crippen LogP contribution in [0.2, 0.25) is 0 Å². The lowest BCUT2D eigenvalue weighted by atomic mass is 10.0. The van der Waals surface area contributed by atoms with Gasteiger partial charge in [-0.2, -0.15) is 4.31 Å².